The van der Waals surface area contributed by atoms with Gasteiger partial charge in [0.05, 0.1) is 11.9 Å². The minimum Gasteiger partial charge on any atom is -0.392 e. The van der Waals surface area contributed by atoms with Gasteiger partial charge >= 0.3 is 0 Å². The monoisotopic (exact) mass is 262 g/mol. The van der Waals surface area contributed by atoms with Crippen LogP contribution in [-0.2, 0) is 10.0 Å². The van der Waals surface area contributed by atoms with Crippen molar-refractivity contribution in [3.05, 3.63) is 0 Å². The van der Waals surface area contributed by atoms with Crippen molar-refractivity contribution in [2.45, 2.75) is 31.8 Å². The Morgan fingerprint density at radius 1 is 1.29 bits per heavy atom. The smallest absolute Gasteiger partial charge is 0.214 e. The highest BCUT2D eigenvalue weighted by molar-refractivity contribution is 7.89. The molecule has 0 aromatic heterocycles. The topological polar surface area (TPSA) is 69.6 Å². The molecule has 2 aliphatic heterocycles. The summed E-state index contributed by atoms with van der Waals surface area (Å²) < 4.78 is 25.8. The Morgan fingerprint density at radius 3 is 2.76 bits per heavy atom. The Kier molecular flexibility index (Phi) is 4.41. The van der Waals surface area contributed by atoms with E-state index in [1.165, 1.54) is 4.31 Å². The van der Waals surface area contributed by atoms with Crippen LogP contribution >= 0.6 is 0 Å². The molecule has 0 aromatic rings. The first-order chi connectivity index (χ1) is 8.08. The van der Waals surface area contributed by atoms with Crippen molar-refractivity contribution in [3.8, 4) is 0 Å². The number of aliphatic hydroxyl groups is 1. The number of rotatable bonds is 3. The summed E-state index contributed by atoms with van der Waals surface area (Å²) in [5, 5.41) is 12.8. The molecule has 17 heavy (non-hydrogen) atoms. The normalized spacial score (nSPS) is 32.5. The molecule has 0 bridgehead atoms. The lowest BCUT2D eigenvalue weighted by atomic mass is 10.0. The standard InChI is InChI=1S/C11H22N2O3S/c14-11-4-2-6-13(8-11)17(15,16)9-10-3-1-5-12-7-10/h10-12,14H,1-9H2. The molecule has 0 amide bonds. The molecule has 2 heterocycles. The van der Waals surface area contributed by atoms with E-state index < -0.39 is 16.1 Å². The quantitative estimate of drug-likeness (QED) is 0.737. The van der Waals surface area contributed by atoms with Crippen molar-refractivity contribution in [1.29, 1.82) is 0 Å². The van der Waals surface area contributed by atoms with Gasteiger partial charge < -0.3 is 10.4 Å². The van der Waals surface area contributed by atoms with Gasteiger partial charge in [0.2, 0.25) is 10.0 Å². The van der Waals surface area contributed by atoms with Gasteiger partial charge in [-0.15, -0.1) is 0 Å². The second-order valence-corrected chi connectivity index (χ2v) is 7.16. The van der Waals surface area contributed by atoms with E-state index in [0.29, 0.717) is 6.54 Å². The number of sulfonamides is 1. The Morgan fingerprint density at radius 2 is 2.12 bits per heavy atom. The van der Waals surface area contributed by atoms with Gasteiger partial charge in [-0.1, -0.05) is 0 Å². The molecule has 2 rings (SSSR count). The molecule has 2 atom stereocenters. The fourth-order valence-corrected chi connectivity index (χ4v) is 4.54. The molecule has 0 spiro atoms. The predicted molar refractivity (Wildman–Crippen MR) is 66.2 cm³/mol. The van der Waals surface area contributed by atoms with Gasteiger partial charge in [-0.3, -0.25) is 0 Å². The van der Waals surface area contributed by atoms with Crippen LogP contribution in [0.15, 0.2) is 0 Å². The lowest BCUT2D eigenvalue weighted by molar-refractivity contribution is 0.107. The van der Waals surface area contributed by atoms with Gasteiger partial charge in [0.25, 0.3) is 0 Å². The largest absolute Gasteiger partial charge is 0.392 e. The first-order valence-corrected chi connectivity index (χ1v) is 8.05. The van der Waals surface area contributed by atoms with Crippen LogP contribution < -0.4 is 5.32 Å². The summed E-state index contributed by atoms with van der Waals surface area (Å²) in [4.78, 5) is 0. The minimum absolute atomic E-state index is 0.229. The molecule has 0 aliphatic carbocycles. The van der Waals surface area contributed by atoms with Gasteiger partial charge in [0.15, 0.2) is 0 Å². The SMILES string of the molecule is O=S(=O)(CC1CCCNC1)N1CCCC(O)C1. The average Bonchev–Trinajstić information content (AvgIpc) is 2.30. The third kappa shape index (κ3) is 3.64. The van der Waals surface area contributed by atoms with Crippen LogP contribution in [-0.4, -0.2) is 55.9 Å². The summed E-state index contributed by atoms with van der Waals surface area (Å²) in [5.74, 6) is 0.458. The highest BCUT2D eigenvalue weighted by atomic mass is 32.2. The number of nitrogens with one attached hydrogen (secondary N) is 1. The van der Waals surface area contributed by atoms with E-state index >= 15 is 0 Å². The number of hydrogen-bond acceptors (Lipinski definition) is 4. The highest BCUT2D eigenvalue weighted by Gasteiger charge is 2.30. The van der Waals surface area contributed by atoms with Crippen LogP contribution in [0, 0.1) is 5.92 Å². The lowest BCUT2D eigenvalue weighted by Crippen LogP contribution is -2.45. The van der Waals surface area contributed by atoms with Gasteiger partial charge in [0, 0.05) is 13.1 Å². The van der Waals surface area contributed by atoms with Crippen molar-refractivity contribution in [2.24, 2.45) is 5.92 Å². The molecule has 0 aromatic carbocycles. The summed E-state index contributed by atoms with van der Waals surface area (Å²) in [7, 11) is -3.18. The maximum atomic E-state index is 12.2. The van der Waals surface area contributed by atoms with Crippen LogP contribution in [0.4, 0.5) is 0 Å². The summed E-state index contributed by atoms with van der Waals surface area (Å²) in [6.45, 7) is 2.65. The van der Waals surface area contributed by atoms with E-state index in [4.69, 9.17) is 0 Å². The lowest BCUT2D eigenvalue weighted by Gasteiger charge is -2.31. The maximum absolute atomic E-state index is 12.2. The maximum Gasteiger partial charge on any atom is 0.214 e. The molecule has 2 unspecified atom stereocenters. The van der Waals surface area contributed by atoms with Crippen LogP contribution in [0.25, 0.3) is 0 Å². The third-order valence-corrected chi connectivity index (χ3v) is 5.61. The number of β-amino-alcohol motifs (C(OH)–C–C–N with tert-alkyl or cyclic N) is 1. The van der Waals surface area contributed by atoms with Crippen LogP contribution in [0.5, 0.6) is 0 Å². The van der Waals surface area contributed by atoms with Gasteiger partial charge in [-0.05, 0) is 44.7 Å². The molecular weight excluding hydrogens is 240 g/mol. The number of nitrogens with zero attached hydrogens (tertiary/aromatic N) is 1. The van der Waals surface area contributed by atoms with Gasteiger partial charge in [-0.2, -0.15) is 4.31 Å². The summed E-state index contributed by atoms with van der Waals surface area (Å²) >= 11 is 0. The molecule has 2 fully saturated rings. The van der Waals surface area contributed by atoms with Crippen molar-refractivity contribution < 1.29 is 13.5 Å². The van der Waals surface area contributed by atoms with E-state index in [9.17, 15) is 13.5 Å². The Bertz CT molecular complexity index is 339. The molecule has 6 heteroatoms. The molecular formula is C11H22N2O3S. The Balaban J connectivity index is 1.92. The van der Waals surface area contributed by atoms with Crippen molar-refractivity contribution in [3.63, 3.8) is 0 Å². The molecule has 2 saturated heterocycles. The van der Waals surface area contributed by atoms with Gasteiger partial charge in [-0.25, -0.2) is 8.42 Å². The molecule has 2 N–H and O–H groups in total. The van der Waals surface area contributed by atoms with Crippen LogP contribution in [0.1, 0.15) is 25.7 Å². The Hall–Kier alpha value is -0.170. The van der Waals surface area contributed by atoms with Crippen molar-refractivity contribution in [1.82, 2.24) is 9.62 Å². The summed E-state index contributed by atoms with van der Waals surface area (Å²) in [6, 6.07) is 0. The third-order valence-electron chi connectivity index (χ3n) is 3.60. The zero-order valence-electron chi connectivity index (χ0n) is 10.1. The van der Waals surface area contributed by atoms with E-state index in [1.54, 1.807) is 0 Å². The minimum atomic E-state index is -3.18. The fourth-order valence-electron chi connectivity index (χ4n) is 2.64. The predicted octanol–water partition coefficient (Wildman–Crippen LogP) is -0.227. The van der Waals surface area contributed by atoms with E-state index in [-0.39, 0.29) is 18.2 Å². The molecule has 100 valence electrons. The van der Waals surface area contributed by atoms with Crippen LogP contribution in [0.3, 0.4) is 0 Å². The highest BCUT2D eigenvalue weighted by Crippen LogP contribution is 2.19. The molecule has 5 nitrogen and oxygen atoms in total. The molecule has 0 saturated carbocycles. The van der Waals surface area contributed by atoms with E-state index in [0.717, 1.165) is 38.8 Å². The first kappa shape index (κ1) is 13.3. The van der Waals surface area contributed by atoms with E-state index in [2.05, 4.69) is 5.32 Å². The number of aliphatic hydroxyl groups excluding tert-OH is 1. The number of hydrogen-bond donors (Lipinski definition) is 2. The molecule has 0 radical (unpaired) electrons. The summed E-state index contributed by atoms with van der Waals surface area (Å²) in [6.07, 6.45) is 3.05. The van der Waals surface area contributed by atoms with Crippen molar-refractivity contribution in [2.75, 3.05) is 31.9 Å². The fraction of sp³-hybridized carbons (Fsp3) is 1.00. The second-order valence-electron chi connectivity index (χ2n) is 5.14. The second kappa shape index (κ2) is 5.65. The zero-order chi connectivity index (χ0) is 12.3. The Labute approximate surface area is 103 Å². The average molecular weight is 262 g/mol. The zero-order valence-corrected chi connectivity index (χ0v) is 11.0. The number of piperidine rings is 2. The first-order valence-electron chi connectivity index (χ1n) is 6.44. The van der Waals surface area contributed by atoms with Gasteiger partial charge in [0.1, 0.15) is 0 Å². The van der Waals surface area contributed by atoms with Crippen molar-refractivity contribution >= 4 is 10.0 Å². The van der Waals surface area contributed by atoms with Crippen LogP contribution in [0.2, 0.25) is 0 Å². The molecule has 2 aliphatic rings. The van der Waals surface area contributed by atoms with E-state index in [1.807, 2.05) is 0 Å². The summed E-state index contributed by atoms with van der Waals surface area (Å²) in [5.41, 5.74) is 0.